The molecule has 1 aliphatic carbocycles. The van der Waals surface area contributed by atoms with Gasteiger partial charge in [0.25, 0.3) is 0 Å². The Kier molecular flexibility index (Phi) is 7.39. The highest BCUT2D eigenvalue weighted by Gasteiger charge is 2.41. The molecular formula is C27H28ClNO5. The molecule has 178 valence electrons. The molecule has 0 saturated heterocycles. The molecule has 4 rings (SSSR count). The van der Waals surface area contributed by atoms with Crippen LogP contribution in [0.1, 0.15) is 49.7 Å². The van der Waals surface area contributed by atoms with Crippen molar-refractivity contribution in [2.45, 2.75) is 38.5 Å². The van der Waals surface area contributed by atoms with Crippen molar-refractivity contribution < 1.29 is 24.2 Å². The molecular weight excluding hydrogens is 454 g/mol. The number of hydrogen-bond acceptors (Lipinski definition) is 6. The largest absolute Gasteiger partial charge is 0.508 e. The highest BCUT2D eigenvalue weighted by atomic mass is 35.5. The summed E-state index contributed by atoms with van der Waals surface area (Å²) in [7, 11) is 0. The Bertz CT molecular complexity index is 1130. The van der Waals surface area contributed by atoms with E-state index in [4.69, 9.17) is 21.1 Å². The molecule has 0 amide bonds. The van der Waals surface area contributed by atoms with Crippen molar-refractivity contribution in [3.8, 4) is 5.75 Å². The van der Waals surface area contributed by atoms with Gasteiger partial charge in [0.05, 0.1) is 12.2 Å². The van der Waals surface area contributed by atoms with Gasteiger partial charge in [-0.25, -0.2) is 4.79 Å². The Morgan fingerprint density at radius 3 is 2.41 bits per heavy atom. The number of carbonyl (C=O) groups excluding carboxylic acids is 2. The summed E-state index contributed by atoms with van der Waals surface area (Å²) in [6.07, 6.45) is 0.976. The second-order valence-corrected chi connectivity index (χ2v) is 8.93. The van der Waals surface area contributed by atoms with Gasteiger partial charge in [-0.2, -0.15) is 0 Å². The molecule has 2 aromatic carbocycles. The van der Waals surface area contributed by atoms with E-state index >= 15 is 0 Å². The number of ether oxygens (including phenoxy) is 2. The normalized spacial score (nSPS) is 20.1. The number of benzene rings is 2. The van der Waals surface area contributed by atoms with Gasteiger partial charge in [-0.15, -0.1) is 0 Å². The van der Waals surface area contributed by atoms with Crippen LogP contribution in [0.25, 0.3) is 0 Å². The number of allylic oxidation sites excluding steroid dienone is 3. The van der Waals surface area contributed by atoms with Crippen molar-refractivity contribution in [1.82, 2.24) is 5.32 Å². The topological polar surface area (TPSA) is 84.9 Å². The van der Waals surface area contributed by atoms with Crippen molar-refractivity contribution in [1.29, 1.82) is 0 Å². The molecule has 2 aliphatic rings. The fraction of sp³-hybridized carbons (Fsp3) is 0.333. The molecule has 0 aromatic heterocycles. The fourth-order valence-corrected chi connectivity index (χ4v) is 4.82. The smallest absolute Gasteiger partial charge is 0.336 e. The van der Waals surface area contributed by atoms with Crippen LogP contribution >= 0.6 is 11.6 Å². The summed E-state index contributed by atoms with van der Waals surface area (Å²) < 4.78 is 10.8. The first-order chi connectivity index (χ1) is 16.4. The van der Waals surface area contributed by atoms with Crippen molar-refractivity contribution in [2.75, 3.05) is 19.8 Å². The minimum Gasteiger partial charge on any atom is -0.508 e. The van der Waals surface area contributed by atoms with Crippen LogP contribution < -0.4 is 5.32 Å². The molecule has 0 saturated carbocycles. The number of hydrogen-bond donors (Lipinski definition) is 2. The highest BCUT2D eigenvalue weighted by molar-refractivity contribution is 6.30. The van der Waals surface area contributed by atoms with Crippen molar-refractivity contribution >= 4 is 23.4 Å². The van der Waals surface area contributed by atoms with Gasteiger partial charge in [-0.05, 0) is 61.6 Å². The summed E-state index contributed by atoms with van der Waals surface area (Å²) in [4.78, 5) is 26.7. The number of phenols is 1. The van der Waals surface area contributed by atoms with E-state index in [0.29, 0.717) is 47.9 Å². The molecule has 0 spiro atoms. The Balaban J connectivity index is 1.70. The maximum absolute atomic E-state index is 13.5. The second-order valence-electron chi connectivity index (χ2n) is 8.49. The number of nitrogens with one attached hydrogen (secondary N) is 1. The van der Waals surface area contributed by atoms with Crippen molar-refractivity contribution in [3.05, 3.63) is 87.2 Å². The highest BCUT2D eigenvalue weighted by Crippen LogP contribution is 2.46. The molecule has 6 nitrogen and oxygen atoms in total. The van der Waals surface area contributed by atoms with Crippen LogP contribution in [-0.2, 0) is 19.1 Å². The van der Waals surface area contributed by atoms with E-state index in [1.165, 1.54) is 0 Å². The summed E-state index contributed by atoms with van der Waals surface area (Å²) in [6, 6.07) is 14.2. The van der Waals surface area contributed by atoms with Gasteiger partial charge in [0.1, 0.15) is 12.4 Å². The minimum atomic E-state index is -0.574. The lowest BCUT2D eigenvalue weighted by atomic mass is 9.72. The average molecular weight is 482 g/mol. The molecule has 1 heterocycles. The summed E-state index contributed by atoms with van der Waals surface area (Å²) in [6.45, 7) is 4.68. The minimum absolute atomic E-state index is 0.0149. The predicted octanol–water partition coefficient (Wildman–Crippen LogP) is 4.99. The quantitative estimate of drug-likeness (QED) is 0.428. The van der Waals surface area contributed by atoms with Crippen LogP contribution in [0.4, 0.5) is 0 Å². The van der Waals surface area contributed by atoms with Gasteiger partial charge >= 0.3 is 5.97 Å². The van der Waals surface area contributed by atoms with Crippen LogP contribution in [0, 0.1) is 0 Å². The third-order valence-corrected chi connectivity index (χ3v) is 6.53. The number of rotatable bonds is 7. The van der Waals surface area contributed by atoms with Crippen LogP contribution in [0.2, 0.25) is 5.02 Å². The molecule has 2 atom stereocenters. The average Bonchev–Trinajstić information content (AvgIpc) is 2.81. The van der Waals surface area contributed by atoms with Crippen LogP contribution in [-0.4, -0.2) is 36.7 Å². The molecule has 2 aromatic rings. The number of phenolic OH excluding ortho intramolecular Hbond substituents is 1. The molecule has 2 N–H and O–H groups in total. The predicted molar refractivity (Wildman–Crippen MR) is 130 cm³/mol. The summed E-state index contributed by atoms with van der Waals surface area (Å²) in [5.41, 5.74) is 4.26. The zero-order valence-corrected chi connectivity index (χ0v) is 20.0. The van der Waals surface area contributed by atoms with Gasteiger partial charge < -0.3 is 19.9 Å². The third-order valence-electron chi connectivity index (χ3n) is 6.28. The van der Waals surface area contributed by atoms with Gasteiger partial charge in [0.2, 0.25) is 0 Å². The SMILES string of the molecule is CCOCCOC(=O)C1=C(C)NC2=C(C(=O)C[C@@H](c3ccc(Cl)cc3)C2)[C@@H]1c1ccc(O)cc1. The van der Waals surface area contributed by atoms with E-state index in [0.717, 1.165) is 16.8 Å². The zero-order valence-electron chi connectivity index (χ0n) is 19.3. The number of esters is 1. The summed E-state index contributed by atoms with van der Waals surface area (Å²) in [5.74, 6) is -0.939. The van der Waals surface area contributed by atoms with Gasteiger partial charge in [0.15, 0.2) is 5.78 Å². The first-order valence-corrected chi connectivity index (χ1v) is 11.8. The van der Waals surface area contributed by atoms with Gasteiger partial charge in [-0.3, -0.25) is 4.79 Å². The number of ketones is 1. The molecule has 34 heavy (non-hydrogen) atoms. The first kappa shape index (κ1) is 24.0. The molecule has 0 unspecified atom stereocenters. The number of Topliss-reactive ketones (excluding diaryl/α,β-unsaturated/α-hetero) is 1. The first-order valence-electron chi connectivity index (χ1n) is 11.4. The Morgan fingerprint density at radius 2 is 1.74 bits per heavy atom. The fourth-order valence-electron chi connectivity index (χ4n) is 4.70. The second kappa shape index (κ2) is 10.5. The van der Waals surface area contributed by atoms with E-state index in [2.05, 4.69) is 5.32 Å². The van der Waals surface area contributed by atoms with E-state index in [1.807, 2.05) is 38.1 Å². The van der Waals surface area contributed by atoms with Gasteiger partial charge in [0, 0.05) is 40.9 Å². The molecule has 0 bridgehead atoms. The van der Waals surface area contributed by atoms with E-state index in [9.17, 15) is 14.7 Å². The molecule has 7 heteroatoms. The number of carbonyl (C=O) groups is 2. The van der Waals surface area contributed by atoms with E-state index in [1.54, 1.807) is 24.3 Å². The van der Waals surface area contributed by atoms with Crippen LogP contribution in [0.15, 0.2) is 71.1 Å². The standard InChI is InChI=1S/C27H28ClNO5/c1-3-33-12-13-34-27(32)24-16(2)29-22-14-19(17-4-8-20(28)9-5-17)15-23(31)26(22)25(24)18-6-10-21(30)11-7-18/h4-11,19,25,29-30H,3,12-15H2,1-2H3/t19-,25+/m0/s1. The monoisotopic (exact) mass is 481 g/mol. The van der Waals surface area contributed by atoms with E-state index < -0.39 is 11.9 Å². The lowest BCUT2D eigenvalue weighted by molar-refractivity contribution is -0.140. The van der Waals surface area contributed by atoms with Crippen molar-refractivity contribution in [3.63, 3.8) is 0 Å². The Morgan fingerprint density at radius 1 is 1.06 bits per heavy atom. The van der Waals surface area contributed by atoms with Crippen LogP contribution in [0.3, 0.4) is 0 Å². The maximum atomic E-state index is 13.5. The lowest BCUT2D eigenvalue weighted by Crippen LogP contribution is -2.36. The Labute approximate surface area is 204 Å². The van der Waals surface area contributed by atoms with Crippen LogP contribution in [0.5, 0.6) is 5.75 Å². The number of dihydropyridines is 1. The Hall–Kier alpha value is -3.09. The summed E-state index contributed by atoms with van der Waals surface area (Å²) >= 11 is 6.04. The van der Waals surface area contributed by atoms with E-state index in [-0.39, 0.29) is 24.1 Å². The number of halogens is 1. The summed E-state index contributed by atoms with van der Waals surface area (Å²) in [5, 5.41) is 13.8. The van der Waals surface area contributed by atoms with Crippen molar-refractivity contribution in [2.24, 2.45) is 0 Å². The zero-order chi connectivity index (χ0) is 24.2. The molecule has 1 aliphatic heterocycles. The lowest BCUT2D eigenvalue weighted by Gasteiger charge is -2.36. The molecule has 0 fully saturated rings. The third kappa shape index (κ3) is 5.03. The molecule has 0 radical (unpaired) electrons. The maximum Gasteiger partial charge on any atom is 0.336 e. The van der Waals surface area contributed by atoms with Gasteiger partial charge in [-0.1, -0.05) is 35.9 Å². The number of aromatic hydroxyl groups is 1.